The lowest BCUT2D eigenvalue weighted by molar-refractivity contribution is 0.0556. The Morgan fingerprint density at radius 2 is 2.00 bits per heavy atom. The zero-order valence-corrected chi connectivity index (χ0v) is 13.2. The van der Waals surface area contributed by atoms with Crippen molar-refractivity contribution in [3.63, 3.8) is 0 Å². The number of aromatic nitrogens is 1. The minimum atomic E-state index is 0.0979. The Morgan fingerprint density at radius 3 is 2.53 bits per heavy atom. The van der Waals surface area contributed by atoms with Crippen molar-refractivity contribution >= 4 is 21.8 Å². The summed E-state index contributed by atoms with van der Waals surface area (Å²) in [6.07, 6.45) is 6.34. The number of piperidine rings is 1. The first-order chi connectivity index (χ1) is 9.12. The molecule has 1 aromatic rings. The molecule has 1 fully saturated rings. The third-order valence-electron chi connectivity index (χ3n) is 4.60. The molecule has 0 N–H and O–H groups in total. The van der Waals surface area contributed by atoms with E-state index < -0.39 is 0 Å². The second-order valence-electron chi connectivity index (χ2n) is 5.34. The van der Waals surface area contributed by atoms with Crippen LogP contribution >= 0.6 is 15.9 Å². The first kappa shape index (κ1) is 14.5. The molecule has 0 unspecified atom stereocenters. The molecule has 0 aliphatic carbocycles. The highest BCUT2D eigenvalue weighted by atomic mass is 79.9. The van der Waals surface area contributed by atoms with Crippen LogP contribution in [0.4, 0.5) is 0 Å². The van der Waals surface area contributed by atoms with E-state index in [9.17, 15) is 4.79 Å². The lowest BCUT2D eigenvalue weighted by Crippen LogP contribution is -2.43. The van der Waals surface area contributed by atoms with Crippen LogP contribution in [0.3, 0.4) is 0 Å². The third kappa shape index (κ3) is 2.99. The van der Waals surface area contributed by atoms with Gasteiger partial charge < -0.3 is 4.90 Å². The van der Waals surface area contributed by atoms with Crippen molar-refractivity contribution in [2.75, 3.05) is 13.1 Å². The lowest BCUT2D eigenvalue weighted by atomic mass is 9.74. The quantitative estimate of drug-likeness (QED) is 0.790. The molecule has 1 aliphatic rings. The van der Waals surface area contributed by atoms with Gasteiger partial charge in [0.2, 0.25) is 0 Å². The number of nitrogens with zero attached hydrogens (tertiary/aromatic N) is 2. The molecule has 1 amide bonds. The van der Waals surface area contributed by atoms with Gasteiger partial charge in [-0.2, -0.15) is 0 Å². The van der Waals surface area contributed by atoms with E-state index in [1.807, 2.05) is 17.0 Å². The van der Waals surface area contributed by atoms with Gasteiger partial charge in [0, 0.05) is 19.3 Å². The van der Waals surface area contributed by atoms with Gasteiger partial charge in [-0.1, -0.05) is 26.7 Å². The monoisotopic (exact) mass is 324 g/mol. The van der Waals surface area contributed by atoms with Crippen molar-refractivity contribution in [2.24, 2.45) is 5.41 Å². The number of hydrogen-bond donors (Lipinski definition) is 0. The number of likely N-dealkylation sites (tertiary alicyclic amines) is 1. The van der Waals surface area contributed by atoms with Crippen LogP contribution in [-0.4, -0.2) is 28.9 Å². The van der Waals surface area contributed by atoms with Crippen molar-refractivity contribution in [1.82, 2.24) is 9.88 Å². The standard InChI is InChI=1S/C15H21BrN2O/c1-3-15(4-2)7-10-18(11-8-15)14(19)12-6-5-9-17-13(12)16/h5-6,9H,3-4,7-8,10-11H2,1-2H3. The molecule has 0 aromatic carbocycles. The average Bonchev–Trinajstić information content (AvgIpc) is 2.47. The molecule has 4 heteroatoms. The largest absolute Gasteiger partial charge is 0.339 e. The number of rotatable bonds is 3. The number of hydrogen-bond acceptors (Lipinski definition) is 2. The number of halogens is 1. The average molecular weight is 325 g/mol. The van der Waals surface area contributed by atoms with Crippen molar-refractivity contribution in [1.29, 1.82) is 0 Å². The van der Waals surface area contributed by atoms with Crippen LogP contribution in [0.25, 0.3) is 0 Å². The van der Waals surface area contributed by atoms with Gasteiger partial charge in [0.1, 0.15) is 4.60 Å². The van der Waals surface area contributed by atoms with E-state index in [-0.39, 0.29) is 5.91 Å². The van der Waals surface area contributed by atoms with Gasteiger partial charge >= 0.3 is 0 Å². The van der Waals surface area contributed by atoms with Gasteiger partial charge in [-0.05, 0) is 46.3 Å². The van der Waals surface area contributed by atoms with E-state index in [0.717, 1.165) is 25.9 Å². The second kappa shape index (κ2) is 6.04. The Labute approximate surface area is 123 Å². The van der Waals surface area contributed by atoms with Crippen LogP contribution in [0.2, 0.25) is 0 Å². The number of carbonyl (C=O) groups excluding carboxylic acids is 1. The normalized spacial score (nSPS) is 18.4. The van der Waals surface area contributed by atoms with Gasteiger partial charge in [-0.15, -0.1) is 0 Å². The molecule has 1 saturated heterocycles. The van der Waals surface area contributed by atoms with Crippen molar-refractivity contribution in [3.8, 4) is 0 Å². The molecule has 104 valence electrons. The molecular weight excluding hydrogens is 304 g/mol. The van der Waals surface area contributed by atoms with E-state index in [0.29, 0.717) is 15.6 Å². The molecule has 19 heavy (non-hydrogen) atoms. The Kier molecular flexibility index (Phi) is 4.61. The zero-order valence-electron chi connectivity index (χ0n) is 11.7. The summed E-state index contributed by atoms with van der Waals surface area (Å²) in [5.41, 5.74) is 1.12. The molecule has 0 saturated carbocycles. The minimum absolute atomic E-state index is 0.0979. The van der Waals surface area contributed by atoms with Gasteiger partial charge in [0.15, 0.2) is 0 Å². The van der Waals surface area contributed by atoms with Crippen molar-refractivity contribution in [2.45, 2.75) is 39.5 Å². The summed E-state index contributed by atoms with van der Waals surface area (Å²) in [5.74, 6) is 0.0979. The molecule has 0 atom stereocenters. The fourth-order valence-corrected chi connectivity index (χ4v) is 3.28. The predicted molar refractivity (Wildman–Crippen MR) is 80.1 cm³/mol. The summed E-state index contributed by atoms with van der Waals surface area (Å²) in [4.78, 5) is 18.6. The van der Waals surface area contributed by atoms with Crippen LogP contribution in [0.5, 0.6) is 0 Å². The van der Waals surface area contributed by atoms with E-state index in [2.05, 4.69) is 34.8 Å². The first-order valence-electron chi connectivity index (χ1n) is 7.01. The number of amides is 1. The molecule has 0 spiro atoms. The van der Waals surface area contributed by atoms with Crippen LogP contribution < -0.4 is 0 Å². The zero-order chi connectivity index (χ0) is 13.9. The molecule has 3 nitrogen and oxygen atoms in total. The maximum Gasteiger partial charge on any atom is 0.256 e. The lowest BCUT2D eigenvalue weighted by Gasteiger charge is -2.41. The van der Waals surface area contributed by atoms with E-state index in [1.54, 1.807) is 6.20 Å². The maximum atomic E-state index is 12.5. The van der Waals surface area contributed by atoms with Gasteiger partial charge in [0.25, 0.3) is 5.91 Å². The van der Waals surface area contributed by atoms with Crippen molar-refractivity contribution < 1.29 is 4.79 Å². The summed E-state index contributed by atoms with van der Waals surface area (Å²) in [6, 6.07) is 3.64. The molecule has 2 rings (SSSR count). The first-order valence-corrected chi connectivity index (χ1v) is 7.81. The Morgan fingerprint density at radius 1 is 1.37 bits per heavy atom. The number of pyridine rings is 1. The molecule has 1 aromatic heterocycles. The van der Waals surface area contributed by atoms with Crippen LogP contribution in [0, 0.1) is 5.41 Å². The predicted octanol–water partition coefficient (Wildman–Crippen LogP) is 3.89. The molecule has 0 radical (unpaired) electrons. The van der Waals surface area contributed by atoms with E-state index in [4.69, 9.17) is 0 Å². The smallest absolute Gasteiger partial charge is 0.256 e. The Hall–Kier alpha value is -0.900. The molecule has 2 heterocycles. The Balaban J connectivity index is 2.06. The highest BCUT2D eigenvalue weighted by Crippen LogP contribution is 2.38. The molecular formula is C15H21BrN2O. The Bertz CT molecular complexity index is 447. The molecule has 0 bridgehead atoms. The minimum Gasteiger partial charge on any atom is -0.339 e. The highest BCUT2D eigenvalue weighted by Gasteiger charge is 2.33. The van der Waals surface area contributed by atoms with Gasteiger partial charge in [-0.25, -0.2) is 4.98 Å². The van der Waals surface area contributed by atoms with Crippen LogP contribution in [0.1, 0.15) is 49.9 Å². The van der Waals surface area contributed by atoms with Gasteiger partial charge in [-0.3, -0.25) is 4.79 Å². The van der Waals surface area contributed by atoms with E-state index >= 15 is 0 Å². The van der Waals surface area contributed by atoms with E-state index in [1.165, 1.54) is 12.8 Å². The summed E-state index contributed by atoms with van der Waals surface area (Å²) in [6.45, 7) is 6.25. The topological polar surface area (TPSA) is 33.2 Å². The summed E-state index contributed by atoms with van der Waals surface area (Å²) < 4.78 is 0.641. The highest BCUT2D eigenvalue weighted by molar-refractivity contribution is 9.10. The maximum absolute atomic E-state index is 12.5. The second-order valence-corrected chi connectivity index (χ2v) is 6.09. The number of carbonyl (C=O) groups is 1. The third-order valence-corrected chi connectivity index (χ3v) is 5.23. The van der Waals surface area contributed by atoms with Crippen LogP contribution in [0.15, 0.2) is 22.9 Å². The summed E-state index contributed by atoms with van der Waals surface area (Å²) in [5, 5.41) is 0. The molecule has 1 aliphatic heterocycles. The summed E-state index contributed by atoms with van der Waals surface area (Å²) >= 11 is 3.35. The fourth-order valence-electron chi connectivity index (χ4n) is 2.86. The van der Waals surface area contributed by atoms with Gasteiger partial charge in [0.05, 0.1) is 5.56 Å². The summed E-state index contributed by atoms with van der Waals surface area (Å²) in [7, 11) is 0. The fraction of sp³-hybridized carbons (Fsp3) is 0.600. The van der Waals surface area contributed by atoms with Crippen molar-refractivity contribution in [3.05, 3.63) is 28.5 Å². The SMILES string of the molecule is CCC1(CC)CCN(C(=O)c2cccnc2Br)CC1. The van der Waals surface area contributed by atoms with Crippen LogP contribution in [-0.2, 0) is 0 Å².